The summed E-state index contributed by atoms with van der Waals surface area (Å²) in [6, 6.07) is 0.0784. The van der Waals surface area contributed by atoms with E-state index in [9.17, 15) is 14.4 Å². The summed E-state index contributed by atoms with van der Waals surface area (Å²) in [5.74, 6) is -0.370. The number of ether oxygens (including phenoxy) is 2. The molecule has 0 spiro atoms. The number of amides is 1. The predicted molar refractivity (Wildman–Crippen MR) is 207 cm³/mol. The molecule has 0 rings (SSSR count). The van der Waals surface area contributed by atoms with Crippen LogP contribution in [0, 0.1) is 11.8 Å². The monoisotopic (exact) mass is 695 g/mol. The second-order valence-electron chi connectivity index (χ2n) is 14.9. The summed E-state index contributed by atoms with van der Waals surface area (Å²) in [6.07, 6.45) is 27.5. The molecule has 1 amide bonds. The SMILES string of the molecule is CCCCCCCC(CCCCCCC)C(=O)OCCN(CCOC(=O)C(CCCCCCC)CCCCCCC)C(=O)CC(C)N(C)C. The molecule has 0 aromatic heterocycles. The highest BCUT2D eigenvalue weighted by Gasteiger charge is 2.23. The van der Waals surface area contributed by atoms with Crippen molar-refractivity contribution in [1.82, 2.24) is 9.80 Å². The van der Waals surface area contributed by atoms with E-state index >= 15 is 0 Å². The van der Waals surface area contributed by atoms with Crippen molar-refractivity contribution in [3.63, 3.8) is 0 Å². The first kappa shape index (κ1) is 47.4. The van der Waals surface area contributed by atoms with Crippen LogP contribution in [-0.4, -0.2) is 74.1 Å². The van der Waals surface area contributed by atoms with Gasteiger partial charge in [0.05, 0.1) is 24.9 Å². The standard InChI is InChI=1S/C42H82N2O5/c1-8-12-16-20-24-28-38(29-25-21-17-13-9-2)41(46)48-34-32-44(40(45)36-37(5)43(6)7)33-35-49-42(47)39(30-26-22-18-14-10-3)31-27-23-19-15-11-4/h37-39H,8-36H2,1-7H3. The fraction of sp³-hybridized carbons (Fsp3) is 0.929. The Labute approximate surface area is 304 Å². The number of nitrogens with zero attached hydrogens (tertiary/aromatic N) is 2. The van der Waals surface area contributed by atoms with Crippen molar-refractivity contribution in [1.29, 1.82) is 0 Å². The Morgan fingerprint density at radius 1 is 0.490 bits per heavy atom. The molecule has 49 heavy (non-hydrogen) atoms. The van der Waals surface area contributed by atoms with Gasteiger partial charge in [-0.15, -0.1) is 0 Å². The highest BCUT2D eigenvalue weighted by atomic mass is 16.5. The third-order valence-corrected chi connectivity index (χ3v) is 10.2. The van der Waals surface area contributed by atoms with Gasteiger partial charge >= 0.3 is 11.9 Å². The van der Waals surface area contributed by atoms with Crippen molar-refractivity contribution in [2.75, 3.05) is 40.4 Å². The van der Waals surface area contributed by atoms with Gasteiger partial charge in [-0.1, -0.05) is 156 Å². The van der Waals surface area contributed by atoms with E-state index in [1.165, 1.54) is 77.0 Å². The van der Waals surface area contributed by atoms with Crippen LogP contribution >= 0.6 is 0 Å². The largest absolute Gasteiger partial charge is 0.464 e. The van der Waals surface area contributed by atoms with E-state index < -0.39 is 0 Å². The maximum absolute atomic E-state index is 13.4. The van der Waals surface area contributed by atoms with E-state index in [4.69, 9.17) is 9.47 Å². The minimum atomic E-state index is -0.118. The van der Waals surface area contributed by atoms with E-state index in [0.29, 0.717) is 19.5 Å². The molecule has 1 atom stereocenters. The highest BCUT2D eigenvalue weighted by molar-refractivity contribution is 5.77. The maximum Gasteiger partial charge on any atom is 0.308 e. The van der Waals surface area contributed by atoms with Crippen LogP contribution in [0.4, 0.5) is 0 Å². The summed E-state index contributed by atoms with van der Waals surface area (Å²) < 4.78 is 11.7. The molecular weight excluding hydrogens is 612 g/mol. The smallest absolute Gasteiger partial charge is 0.308 e. The van der Waals surface area contributed by atoms with Gasteiger partial charge in [-0.3, -0.25) is 14.4 Å². The van der Waals surface area contributed by atoms with Crippen LogP contribution in [0.1, 0.15) is 195 Å². The summed E-state index contributed by atoms with van der Waals surface area (Å²) >= 11 is 0. The van der Waals surface area contributed by atoms with Crippen molar-refractivity contribution in [3.05, 3.63) is 0 Å². The van der Waals surface area contributed by atoms with Crippen LogP contribution in [0.5, 0.6) is 0 Å². The molecule has 7 heteroatoms. The zero-order valence-electron chi connectivity index (χ0n) is 33.7. The van der Waals surface area contributed by atoms with Gasteiger partial charge in [-0.2, -0.15) is 0 Å². The van der Waals surface area contributed by atoms with E-state index in [-0.39, 0.29) is 48.9 Å². The summed E-state index contributed by atoms with van der Waals surface area (Å²) in [5, 5.41) is 0. The molecule has 0 fully saturated rings. The fourth-order valence-corrected chi connectivity index (χ4v) is 6.41. The molecule has 0 N–H and O–H groups in total. The molecular formula is C42H82N2O5. The van der Waals surface area contributed by atoms with Crippen molar-refractivity contribution < 1.29 is 23.9 Å². The molecule has 0 aromatic rings. The second kappa shape index (κ2) is 33.5. The molecule has 1 unspecified atom stereocenters. The number of hydrogen-bond donors (Lipinski definition) is 0. The first-order chi connectivity index (χ1) is 23.7. The number of hydrogen-bond acceptors (Lipinski definition) is 6. The van der Waals surface area contributed by atoms with Crippen LogP contribution in [0.2, 0.25) is 0 Å². The molecule has 0 bridgehead atoms. The van der Waals surface area contributed by atoms with E-state index in [0.717, 1.165) is 77.0 Å². The Hall–Kier alpha value is -1.63. The van der Waals surface area contributed by atoms with Crippen molar-refractivity contribution >= 4 is 17.8 Å². The lowest BCUT2D eigenvalue weighted by molar-refractivity contribution is -0.152. The highest BCUT2D eigenvalue weighted by Crippen LogP contribution is 2.22. The molecule has 0 aliphatic carbocycles. The molecule has 0 aliphatic heterocycles. The number of rotatable bonds is 35. The average molecular weight is 695 g/mol. The minimum absolute atomic E-state index is 0.0000876. The first-order valence-corrected chi connectivity index (χ1v) is 21.0. The topological polar surface area (TPSA) is 76.1 Å². The Morgan fingerprint density at radius 2 is 0.796 bits per heavy atom. The van der Waals surface area contributed by atoms with E-state index in [1.807, 2.05) is 25.9 Å². The van der Waals surface area contributed by atoms with Crippen molar-refractivity contribution in [3.8, 4) is 0 Å². The molecule has 0 radical (unpaired) electrons. The first-order valence-electron chi connectivity index (χ1n) is 21.0. The quantitative estimate of drug-likeness (QED) is 0.0485. The second-order valence-corrected chi connectivity index (χ2v) is 14.9. The van der Waals surface area contributed by atoms with Gasteiger partial charge in [-0.05, 0) is 46.7 Å². The number of carbonyl (C=O) groups is 3. The van der Waals surface area contributed by atoms with Crippen molar-refractivity contribution in [2.45, 2.75) is 201 Å². The third kappa shape index (κ3) is 26.8. The van der Waals surface area contributed by atoms with Gasteiger partial charge in [0.15, 0.2) is 0 Å². The summed E-state index contributed by atoms with van der Waals surface area (Å²) in [7, 11) is 3.95. The molecule has 0 heterocycles. The average Bonchev–Trinajstić information content (AvgIpc) is 3.08. The lowest BCUT2D eigenvalue weighted by Gasteiger charge is -2.27. The number of carbonyl (C=O) groups excluding carboxylic acids is 3. The Kier molecular flexibility index (Phi) is 32.4. The molecule has 0 aromatic carbocycles. The fourth-order valence-electron chi connectivity index (χ4n) is 6.41. The van der Waals surface area contributed by atoms with Crippen LogP contribution in [-0.2, 0) is 23.9 Å². The Balaban J connectivity index is 5.24. The molecule has 7 nitrogen and oxygen atoms in total. The predicted octanol–water partition coefficient (Wildman–Crippen LogP) is 10.9. The van der Waals surface area contributed by atoms with Gasteiger partial charge in [0.1, 0.15) is 13.2 Å². The van der Waals surface area contributed by atoms with E-state index in [2.05, 4.69) is 27.7 Å². The third-order valence-electron chi connectivity index (χ3n) is 10.2. The van der Waals surface area contributed by atoms with Crippen LogP contribution in [0.15, 0.2) is 0 Å². The van der Waals surface area contributed by atoms with Crippen LogP contribution in [0.3, 0.4) is 0 Å². The zero-order chi connectivity index (χ0) is 36.5. The summed E-state index contributed by atoms with van der Waals surface area (Å²) in [4.78, 5) is 43.7. The number of unbranched alkanes of at least 4 members (excludes halogenated alkanes) is 16. The van der Waals surface area contributed by atoms with Gasteiger partial charge in [0.25, 0.3) is 0 Å². The molecule has 290 valence electrons. The van der Waals surface area contributed by atoms with Gasteiger partial charge in [-0.25, -0.2) is 0 Å². The van der Waals surface area contributed by atoms with Gasteiger partial charge < -0.3 is 19.3 Å². The molecule has 0 saturated heterocycles. The normalized spacial score (nSPS) is 12.2. The maximum atomic E-state index is 13.4. The van der Waals surface area contributed by atoms with E-state index in [1.54, 1.807) is 4.90 Å². The summed E-state index contributed by atoms with van der Waals surface area (Å²) in [6.45, 7) is 11.9. The summed E-state index contributed by atoms with van der Waals surface area (Å²) in [5.41, 5.74) is 0. The lowest BCUT2D eigenvalue weighted by atomic mass is 9.94. The van der Waals surface area contributed by atoms with Gasteiger partial charge in [0, 0.05) is 12.5 Å². The Morgan fingerprint density at radius 3 is 1.08 bits per heavy atom. The lowest BCUT2D eigenvalue weighted by Crippen LogP contribution is -2.41. The van der Waals surface area contributed by atoms with Crippen LogP contribution < -0.4 is 0 Å². The molecule has 0 aliphatic rings. The van der Waals surface area contributed by atoms with Gasteiger partial charge in [0.2, 0.25) is 5.91 Å². The minimum Gasteiger partial charge on any atom is -0.464 e. The molecule has 0 saturated carbocycles. The van der Waals surface area contributed by atoms with Crippen LogP contribution in [0.25, 0.3) is 0 Å². The van der Waals surface area contributed by atoms with Crippen molar-refractivity contribution in [2.24, 2.45) is 11.8 Å². The number of esters is 2. The Bertz CT molecular complexity index is 711. The zero-order valence-corrected chi connectivity index (χ0v) is 33.7.